The van der Waals surface area contributed by atoms with Crippen molar-refractivity contribution in [2.24, 2.45) is 0 Å². The van der Waals surface area contributed by atoms with Crippen LogP contribution in [0.3, 0.4) is 0 Å². The maximum Gasteiger partial charge on any atom is 0.119 e. The van der Waals surface area contributed by atoms with E-state index in [4.69, 9.17) is 4.74 Å². The molecule has 1 atom stereocenters. The first-order valence-electron chi connectivity index (χ1n) is 7.12. The Morgan fingerprint density at radius 3 is 2.56 bits per heavy atom. The van der Waals surface area contributed by atoms with Crippen LogP contribution in [0.4, 0.5) is 0 Å². The van der Waals surface area contributed by atoms with Crippen molar-refractivity contribution in [1.29, 1.82) is 0 Å². The van der Waals surface area contributed by atoms with Gasteiger partial charge in [-0.15, -0.1) is 0 Å². The van der Waals surface area contributed by atoms with E-state index in [9.17, 15) is 0 Å². The van der Waals surface area contributed by atoms with E-state index < -0.39 is 0 Å². The molecule has 18 heavy (non-hydrogen) atoms. The van der Waals surface area contributed by atoms with Crippen molar-refractivity contribution in [2.45, 2.75) is 51.5 Å². The van der Waals surface area contributed by atoms with E-state index in [0.717, 1.165) is 18.7 Å². The van der Waals surface area contributed by atoms with Gasteiger partial charge in [0.1, 0.15) is 5.75 Å². The zero-order valence-corrected chi connectivity index (χ0v) is 12.0. The summed E-state index contributed by atoms with van der Waals surface area (Å²) >= 11 is 0. The van der Waals surface area contributed by atoms with Crippen LogP contribution < -0.4 is 10.1 Å². The second-order valence-electron chi connectivity index (χ2n) is 5.20. The van der Waals surface area contributed by atoms with Gasteiger partial charge in [0.25, 0.3) is 0 Å². The number of ether oxygens (including phenoxy) is 1. The summed E-state index contributed by atoms with van der Waals surface area (Å²) in [5.41, 5.74) is 3.27. The van der Waals surface area contributed by atoms with Gasteiger partial charge in [-0.3, -0.25) is 0 Å². The summed E-state index contributed by atoms with van der Waals surface area (Å²) in [6.45, 7) is 7.85. The summed E-state index contributed by atoms with van der Waals surface area (Å²) in [6, 6.07) is 7.15. The van der Waals surface area contributed by atoms with Gasteiger partial charge in [-0.1, -0.05) is 26.8 Å². The zero-order chi connectivity index (χ0) is 13.2. The molecule has 1 aliphatic rings. The molecule has 1 aromatic rings. The Kier molecular flexibility index (Phi) is 3.96. The quantitative estimate of drug-likeness (QED) is 0.862. The Balaban J connectivity index is 2.46. The molecular weight excluding hydrogens is 222 g/mol. The fraction of sp³-hybridized carbons (Fsp3) is 0.625. The smallest absolute Gasteiger partial charge is 0.119 e. The third kappa shape index (κ3) is 1.93. The Hall–Kier alpha value is -1.02. The first kappa shape index (κ1) is 13.4. The monoisotopic (exact) mass is 247 g/mol. The van der Waals surface area contributed by atoms with Crippen LogP contribution in [-0.4, -0.2) is 19.7 Å². The minimum absolute atomic E-state index is 0.278. The van der Waals surface area contributed by atoms with Gasteiger partial charge in [0.2, 0.25) is 0 Å². The third-order valence-electron chi connectivity index (χ3n) is 4.66. The van der Waals surface area contributed by atoms with Crippen LogP contribution in [0.15, 0.2) is 18.2 Å². The van der Waals surface area contributed by atoms with Crippen LogP contribution in [0, 0.1) is 0 Å². The first-order chi connectivity index (χ1) is 8.71. The van der Waals surface area contributed by atoms with Crippen molar-refractivity contribution < 1.29 is 4.74 Å². The Bertz CT molecular complexity index is 410. The minimum atomic E-state index is 0.278. The first-order valence-corrected chi connectivity index (χ1v) is 7.12. The van der Waals surface area contributed by atoms with Gasteiger partial charge in [-0.05, 0) is 49.1 Å². The summed E-state index contributed by atoms with van der Waals surface area (Å²) < 4.78 is 5.40. The fourth-order valence-corrected chi connectivity index (χ4v) is 3.56. The summed E-state index contributed by atoms with van der Waals surface area (Å²) in [7, 11) is 1.75. The summed E-state index contributed by atoms with van der Waals surface area (Å²) in [4.78, 5) is 0. The van der Waals surface area contributed by atoms with Crippen LogP contribution in [0.2, 0.25) is 0 Å². The second-order valence-corrected chi connectivity index (χ2v) is 5.20. The molecule has 0 radical (unpaired) electrons. The molecule has 0 aromatic heterocycles. The molecule has 2 rings (SSSR count). The van der Waals surface area contributed by atoms with Crippen molar-refractivity contribution in [2.75, 3.05) is 13.7 Å². The van der Waals surface area contributed by atoms with Crippen LogP contribution in [0.25, 0.3) is 0 Å². The summed E-state index contributed by atoms with van der Waals surface area (Å²) in [5, 5.41) is 3.68. The van der Waals surface area contributed by atoms with Gasteiger partial charge >= 0.3 is 0 Å². The number of nitrogens with one attached hydrogen (secondary N) is 1. The maximum atomic E-state index is 5.40. The average Bonchev–Trinajstić information content (AvgIpc) is 2.72. The molecule has 0 bridgehead atoms. The van der Waals surface area contributed by atoms with Crippen molar-refractivity contribution in [3.8, 4) is 5.75 Å². The second kappa shape index (κ2) is 5.31. The molecule has 0 fully saturated rings. The molecule has 2 nitrogen and oxygen atoms in total. The van der Waals surface area contributed by atoms with E-state index in [-0.39, 0.29) is 5.41 Å². The number of hydrogen-bond donors (Lipinski definition) is 1. The lowest BCUT2D eigenvalue weighted by Crippen LogP contribution is -2.45. The van der Waals surface area contributed by atoms with Crippen LogP contribution in [0.1, 0.15) is 44.7 Å². The largest absolute Gasteiger partial charge is 0.497 e. The number of benzene rings is 1. The lowest BCUT2D eigenvalue weighted by atomic mass is 9.74. The maximum absolute atomic E-state index is 5.40. The summed E-state index contributed by atoms with van der Waals surface area (Å²) in [6.07, 6.45) is 3.51. The number of fused-ring (bicyclic) bond motifs is 1. The van der Waals surface area contributed by atoms with Crippen LogP contribution in [-0.2, 0) is 11.8 Å². The summed E-state index contributed by atoms with van der Waals surface area (Å²) in [5.74, 6) is 0.983. The molecule has 1 aromatic carbocycles. The van der Waals surface area contributed by atoms with Gasteiger partial charge in [-0.25, -0.2) is 0 Å². The van der Waals surface area contributed by atoms with E-state index in [0.29, 0.717) is 6.04 Å². The molecule has 0 spiro atoms. The van der Waals surface area contributed by atoms with E-state index in [1.165, 1.54) is 24.0 Å². The van der Waals surface area contributed by atoms with E-state index in [1.807, 2.05) is 0 Å². The Labute approximate surface area is 111 Å². The molecule has 0 saturated heterocycles. The zero-order valence-electron chi connectivity index (χ0n) is 12.0. The minimum Gasteiger partial charge on any atom is -0.497 e. The molecule has 0 amide bonds. The van der Waals surface area contributed by atoms with Gasteiger partial charge in [-0.2, -0.15) is 0 Å². The van der Waals surface area contributed by atoms with E-state index in [1.54, 1.807) is 7.11 Å². The van der Waals surface area contributed by atoms with Crippen molar-refractivity contribution in [3.63, 3.8) is 0 Å². The topological polar surface area (TPSA) is 21.3 Å². The highest BCUT2D eigenvalue weighted by Crippen LogP contribution is 2.45. The van der Waals surface area contributed by atoms with Crippen molar-refractivity contribution >= 4 is 0 Å². The lowest BCUT2D eigenvalue weighted by Gasteiger charge is -2.35. The Morgan fingerprint density at radius 1 is 1.28 bits per heavy atom. The van der Waals surface area contributed by atoms with Crippen LogP contribution in [0.5, 0.6) is 5.75 Å². The highest BCUT2D eigenvalue weighted by atomic mass is 16.5. The number of rotatable bonds is 5. The van der Waals surface area contributed by atoms with E-state index in [2.05, 4.69) is 44.3 Å². The predicted octanol–water partition coefficient (Wildman–Crippen LogP) is 3.29. The molecule has 1 unspecified atom stereocenters. The molecule has 1 aliphatic carbocycles. The molecule has 2 heteroatoms. The molecule has 0 heterocycles. The van der Waals surface area contributed by atoms with Crippen molar-refractivity contribution in [1.82, 2.24) is 5.32 Å². The molecule has 0 saturated carbocycles. The fourth-order valence-electron chi connectivity index (χ4n) is 3.56. The lowest BCUT2D eigenvalue weighted by molar-refractivity contribution is 0.297. The van der Waals surface area contributed by atoms with Crippen LogP contribution >= 0.6 is 0 Å². The highest BCUT2D eigenvalue weighted by molar-refractivity contribution is 5.46. The Morgan fingerprint density at radius 2 is 2.00 bits per heavy atom. The standard InChI is InChI=1S/C16H25NO/c1-5-16(6-2)14-11-13(18-4)9-8-12(14)10-15(16)17-7-3/h8-9,11,15,17H,5-7,10H2,1-4H3. The molecule has 0 aliphatic heterocycles. The SMILES string of the molecule is CCNC1Cc2ccc(OC)cc2C1(CC)CC. The third-order valence-corrected chi connectivity index (χ3v) is 4.66. The molecule has 1 N–H and O–H groups in total. The number of methoxy groups -OCH3 is 1. The van der Waals surface area contributed by atoms with Gasteiger partial charge in [0, 0.05) is 11.5 Å². The highest BCUT2D eigenvalue weighted by Gasteiger charge is 2.43. The molecule has 100 valence electrons. The van der Waals surface area contributed by atoms with Gasteiger partial charge < -0.3 is 10.1 Å². The van der Waals surface area contributed by atoms with Crippen molar-refractivity contribution in [3.05, 3.63) is 29.3 Å². The van der Waals surface area contributed by atoms with Gasteiger partial charge in [0.05, 0.1) is 7.11 Å². The number of hydrogen-bond acceptors (Lipinski definition) is 2. The van der Waals surface area contributed by atoms with E-state index >= 15 is 0 Å². The normalized spacial score (nSPS) is 20.8. The predicted molar refractivity (Wildman–Crippen MR) is 76.4 cm³/mol. The molecular formula is C16H25NO. The number of likely N-dealkylation sites (N-methyl/N-ethyl adjacent to an activating group) is 1. The van der Waals surface area contributed by atoms with Gasteiger partial charge in [0.15, 0.2) is 0 Å². The average molecular weight is 247 g/mol.